The topological polar surface area (TPSA) is 89.4 Å². The highest BCUT2D eigenvalue weighted by molar-refractivity contribution is 9.10. The predicted octanol–water partition coefficient (Wildman–Crippen LogP) is 3.21. The number of pyridine rings is 1. The average molecular weight is 462 g/mol. The molecule has 0 unspecified atom stereocenters. The van der Waals surface area contributed by atoms with Crippen LogP contribution in [0.4, 0.5) is 4.79 Å². The van der Waals surface area contributed by atoms with Crippen LogP contribution in [0.25, 0.3) is 0 Å². The van der Waals surface area contributed by atoms with E-state index in [0.29, 0.717) is 25.2 Å². The molecule has 1 saturated carbocycles. The Morgan fingerprint density at radius 2 is 1.97 bits per heavy atom. The molecule has 0 spiro atoms. The molecule has 29 heavy (non-hydrogen) atoms. The lowest BCUT2D eigenvalue weighted by atomic mass is 10.1. The van der Waals surface area contributed by atoms with Crippen LogP contribution in [0.3, 0.4) is 0 Å². The summed E-state index contributed by atoms with van der Waals surface area (Å²) in [6.07, 6.45) is 4.63. The molecular formula is C20H24BrN5O3. The van der Waals surface area contributed by atoms with Crippen LogP contribution >= 0.6 is 15.9 Å². The van der Waals surface area contributed by atoms with Crippen molar-refractivity contribution in [3.63, 3.8) is 0 Å². The molecule has 0 saturated heterocycles. The molecule has 1 aliphatic carbocycles. The number of nitrogens with zero attached hydrogens (tertiary/aromatic N) is 4. The van der Waals surface area contributed by atoms with Crippen molar-refractivity contribution in [2.75, 3.05) is 6.54 Å². The first kappa shape index (κ1) is 19.9. The first-order valence-corrected chi connectivity index (χ1v) is 10.4. The van der Waals surface area contributed by atoms with Crippen molar-refractivity contribution in [2.24, 2.45) is 0 Å². The fourth-order valence-corrected chi connectivity index (χ4v) is 3.67. The molecule has 9 heteroatoms. The number of fused-ring (bicyclic) bond motifs is 1. The van der Waals surface area contributed by atoms with Gasteiger partial charge >= 0.3 is 6.09 Å². The van der Waals surface area contributed by atoms with E-state index in [-0.39, 0.29) is 12.0 Å². The van der Waals surface area contributed by atoms with Gasteiger partial charge in [-0.25, -0.2) is 4.79 Å². The normalized spacial score (nSPS) is 17.4. The van der Waals surface area contributed by atoms with Crippen molar-refractivity contribution < 1.29 is 14.3 Å². The molecule has 1 aliphatic heterocycles. The number of carbonyl (C=O) groups excluding carboxylic acids is 2. The number of hydrogen-bond acceptors (Lipinski definition) is 5. The lowest BCUT2D eigenvalue weighted by Crippen LogP contribution is -2.42. The van der Waals surface area contributed by atoms with Crippen molar-refractivity contribution in [2.45, 2.75) is 57.8 Å². The van der Waals surface area contributed by atoms with Gasteiger partial charge in [-0.2, -0.15) is 5.10 Å². The number of amides is 2. The third-order valence-electron chi connectivity index (χ3n) is 5.09. The van der Waals surface area contributed by atoms with Gasteiger partial charge in [0, 0.05) is 17.2 Å². The zero-order chi connectivity index (χ0) is 20.8. The van der Waals surface area contributed by atoms with Crippen LogP contribution < -0.4 is 5.32 Å². The van der Waals surface area contributed by atoms with E-state index in [2.05, 4.69) is 31.3 Å². The van der Waals surface area contributed by atoms with Crippen LogP contribution in [0, 0.1) is 0 Å². The minimum Gasteiger partial charge on any atom is -0.444 e. The molecule has 0 bridgehead atoms. The highest BCUT2D eigenvalue weighted by Crippen LogP contribution is 2.45. The fourth-order valence-electron chi connectivity index (χ4n) is 3.43. The molecule has 2 aromatic heterocycles. The number of nitrogens with one attached hydrogen (secondary N) is 1. The Labute approximate surface area is 177 Å². The lowest BCUT2D eigenvalue weighted by Gasteiger charge is -2.30. The van der Waals surface area contributed by atoms with Crippen molar-refractivity contribution in [3.05, 3.63) is 46.0 Å². The van der Waals surface area contributed by atoms with Gasteiger partial charge in [0.05, 0.1) is 41.8 Å². The van der Waals surface area contributed by atoms with Gasteiger partial charge in [0.15, 0.2) is 0 Å². The van der Waals surface area contributed by atoms with Gasteiger partial charge in [0.2, 0.25) is 0 Å². The monoisotopic (exact) mass is 461 g/mol. The van der Waals surface area contributed by atoms with Crippen molar-refractivity contribution in [1.29, 1.82) is 0 Å². The standard InChI is InChI=1S/C20H24BrN5O3/c1-19(2,3)29-18(28)25-8-9-26-15(12-25)14(11-23-26)17(27)24-20(6-7-20)16-5-4-13(21)10-22-16/h4-5,10-11H,6-9,12H2,1-3H3,(H,24,27). The predicted molar refractivity (Wildman–Crippen MR) is 109 cm³/mol. The summed E-state index contributed by atoms with van der Waals surface area (Å²) < 4.78 is 8.16. The summed E-state index contributed by atoms with van der Waals surface area (Å²) in [7, 11) is 0. The molecular weight excluding hydrogens is 438 g/mol. The second-order valence-corrected chi connectivity index (χ2v) is 9.44. The van der Waals surface area contributed by atoms with Crippen LogP contribution in [0.2, 0.25) is 0 Å². The maximum absolute atomic E-state index is 13.0. The molecule has 1 N–H and O–H groups in total. The maximum atomic E-state index is 13.0. The first-order valence-electron chi connectivity index (χ1n) is 9.64. The number of aromatic nitrogens is 3. The van der Waals surface area contributed by atoms with Gasteiger partial charge in [-0.15, -0.1) is 0 Å². The van der Waals surface area contributed by atoms with Gasteiger partial charge in [-0.3, -0.25) is 14.5 Å². The number of hydrogen-bond donors (Lipinski definition) is 1. The zero-order valence-corrected chi connectivity index (χ0v) is 18.3. The Bertz CT molecular complexity index is 944. The molecule has 1 fully saturated rings. The second-order valence-electron chi connectivity index (χ2n) is 8.53. The van der Waals surface area contributed by atoms with Crippen LogP contribution in [0.15, 0.2) is 29.0 Å². The number of carbonyl (C=O) groups is 2. The minimum absolute atomic E-state index is 0.195. The molecule has 8 nitrogen and oxygen atoms in total. The van der Waals surface area contributed by atoms with Crippen LogP contribution in [0.5, 0.6) is 0 Å². The van der Waals surface area contributed by atoms with Crippen LogP contribution in [-0.4, -0.2) is 43.8 Å². The number of ether oxygens (including phenoxy) is 1. The third kappa shape index (κ3) is 4.14. The van der Waals surface area contributed by atoms with E-state index in [4.69, 9.17) is 4.74 Å². The molecule has 0 radical (unpaired) electrons. The summed E-state index contributed by atoms with van der Waals surface area (Å²) in [5, 5.41) is 7.47. The molecule has 4 rings (SSSR count). The Balaban J connectivity index is 1.50. The van der Waals surface area contributed by atoms with Crippen molar-refractivity contribution >= 4 is 27.9 Å². The number of halogens is 1. The summed E-state index contributed by atoms with van der Waals surface area (Å²) in [6.45, 7) is 6.83. The van der Waals surface area contributed by atoms with Crippen molar-refractivity contribution in [1.82, 2.24) is 25.0 Å². The van der Waals surface area contributed by atoms with Gasteiger partial charge in [-0.1, -0.05) is 0 Å². The summed E-state index contributed by atoms with van der Waals surface area (Å²) >= 11 is 3.39. The maximum Gasteiger partial charge on any atom is 0.410 e. The Kier molecular flexibility index (Phi) is 4.88. The summed E-state index contributed by atoms with van der Waals surface area (Å²) in [5.41, 5.74) is 1.07. The van der Waals surface area contributed by atoms with E-state index in [0.717, 1.165) is 28.7 Å². The molecule has 3 heterocycles. The van der Waals surface area contributed by atoms with E-state index in [1.54, 1.807) is 22.0 Å². The Morgan fingerprint density at radius 1 is 1.21 bits per heavy atom. The van der Waals surface area contributed by atoms with Gasteiger partial charge in [0.25, 0.3) is 5.91 Å². The minimum atomic E-state index is -0.564. The van der Waals surface area contributed by atoms with E-state index >= 15 is 0 Å². The molecule has 2 aromatic rings. The lowest BCUT2D eigenvalue weighted by molar-refractivity contribution is 0.0193. The Hall–Kier alpha value is -2.42. The van der Waals surface area contributed by atoms with Crippen LogP contribution in [0.1, 0.15) is 55.4 Å². The van der Waals surface area contributed by atoms with Gasteiger partial charge in [-0.05, 0) is 61.7 Å². The molecule has 0 atom stereocenters. The number of rotatable bonds is 3. The summed E-state index contributed by atoms with van der Waals surface area (Å²) in [5.74, 6) is -0.195. The largest absolute Gasteiger partial charge is 0.444 e. The highest BCUT2D eigenvalue weighted by atomic mass is 79.9. The average Bonchev–Trinajstić information content (AvgIpc) is 3.29. The summed E-state index contributed by atoms with van der Waals surface area (Å²) in [6, 6.07) is 3.85. The molecule has 2 amide bonds. The quantitative estimate of drug-likeness (QED) is 0.757. The highest BCUT2D eigenvalue weighted by Gasteiger charge is 2.47. The van der Waals surface area contributed by atoms with Gasteiger partial charge in [0.1, 0.15) is 5.60 Å². The van der Waals surface area contributed by atoms with Crippen molar-refractivity contribution in [3.8, 4) is 0 Å². The SMILES string of the molecule is CC(C)(C)OC(=O)N1CCn2ncc(C(=O)NC3(c4ccc(Br)cn4)CC3)c2C1. The Morgan fingerprint density at radius 3 is 2.59 bits per heavy atom. The molecule has 154 valence electrons. The smallest absolute Gasteiger partial charge is 0.410 e. The van der Waals surface area contributed by atoms with E-state index in [1.807, 2.05) is 32.9 Å². The van der Waals surface area contributed by atoms with Gasteiger partial charge < -0.3 is 15.0 Å². The molecule has 0 aromatic carbocycles. The third-order valence-corrected chi connectivity index (χ3v) is 5.56. The fraction of sp³-hybridized carbons (Fsp3) is 0.500. The zero-order valence-electron chi connectivity index (χ0n) is 16.7. The summed E-state index contributed by atoms with van der Waals surface area (Å²) in [4.78, 5) is 31.5. The van der Waals surface area contributed by atoms with E-state index in [9.17, 15) is 9.59 Å². The molecule has 2 aliphatic rings. The van der Waals surface area contributed by atoms with E-state index in [1.165, 1.54) is 0 Å². The van der Waals surface area contributed by atoms with E-state index < -0.39 is 11.1 Å². The second kappa shape index (κ2) is 7.12. The van der Waals surface area contributed by atoms with Crippen LogP contribution in [-0.2, 0) is 23.4 Å². The first-order chi connectivity index (χ1) is 13.7.